The second-order valence-electron chi connectivity index (χ2n) is 10.2. The van der Waals surface area contributed by atoms with Gasteiger partial charge >= 0.3 is 0 Å². The fourth-order valence-electron chi connectivity index (χ4n) is 5.48. The van der Waals surface area contributed by atoms with Crippen LogP contribution in [0.3, 0.4) is 0 Å². The molecule has 0 amide bonds. The van der Waals surface area contributed by atoms with Crippen molar-refractivity contribution in [2.24, 2.45) is 10.4 Å². The van der Waals surface area contributed by atoms with Crippen LogP contribution < -0.4 is 5.32 Å². The Morgan fingerprint density at radius 3 is 2.49 bits per heavy atom. The molecule has 2 fully saturated rings. The Labute approximate surface area is 229 Å². The molecule has 2 aliphatic rings. The molecule has 1 saturated heterocycles. The van der Waals surface area contributed by atoms with E-state index in [1.54, 1.807) is 19.2 Å². The fraction of sp³-hybridized carbons (Fsp3) is 0.517. The largest absolute Gasteiger partial charge is 0.365 e. The summed E-state index contributed by atoms with van der Waals surface area (Å²) in [6.45, 7) is 10.5. The summed E-state index contributed by atoms with van der Waals surface area (Å²) < 4.78 is 47.6. The Balaban J connectivity index is 0.000000771. The zero-order valence-corrected chi connectivity index (χ0v) is 22.8. The van der Waals surface area contributed by atoms with Crippen LogP contribution in [0.1, 0.15) is 57.9 Å². The maximum absolute atomic E-state index is 14.8. The third kappa shape index (κ3) is 8.19. The van der Waals surface area contributed by atoms with Gasteiger partial charge in [-0.15, -0.1) is 0 Å². The summed E-state index contributed by atoms with van der Waals surface area (Å²) in [4.78, 5) is 13.7. The van der Waals surface area contributed by atoms with Gasteiger partial charge in [-0.25, -0.2) is 23.1 Å². The van der Waals surface area contributed by atoms with Crippen molar-refractivity contribution in [1.29, 1.82) is 5.41 Å². The summed E-state index contributed by atoms with van der Waals surface area (Å²) in [6, 6.07) is 3.92. The quantitative estimate of drug-likeness (QED) is 0.213. The van der Waals surface area contributed by atoms with E-state index < -0.39 is 23.1 Å². The molecule has 2 heterocycles. The number of halogens is 3. The molecule has 1 atom stereocenters. The Kier molecular flexibility index (Phi) is 11.2. The highest BCUT2D eigenvalue weighted by Crippen LogP contribution is 2.45. The molecule has 1 unspecified atom stereocenters. The first-order valence-corrected chi connectivity index (χ1v) is 13.4. The number of likely N-dealkylation sites (tertiary alicyclic amines) is 1. The van der Waals surface area contributed by atoms with Crippen molar-refractivity contribution in [1.82, 2.24) is 14.9 Å². The van der Waals surface area contributed by atoms with Crippen molar-refractivity contribution in [2.75, 3.05) is 31.6 Å². The maximum atomic E-state index is 14.8. The number of ether oxygens (including phenoxy) is 1. The summed E-state index contributed by atoms with van der Waals surface area (Å²) in [7, 11) is 0. The lowest BCUT2D eigenvalue weighted by Crippen LogP contribution is -2.43. The van der Waals surface area contributed by atoms with Crippen LogP contribution in [0.2, 0.25) is 0 Å². The van der Waals surface area contributed by atoms with Crippen LogP contribution in [0.4, 0.5) is 19.1 Å². The summed E-state index contributed by atoms with van der Waals surface area (Å²) in [5.74, 6) is -1.20. The van der Waals surface area contributed by atoms with Gasteiger partial charge in [0, 0.05) is 43.6 Å². The van der Waals surface area contributed by atoms with Gasteiger partial charge in [0.2, 0.25) is 5.95 Å². The van der Waals surface area contributed by atoms with Crippen molar-refractivity contribution in [3.63, 3.8) is 0 Å². The van der Waals surface area contributed by atoms with Crippen LogP contribution in [0, 0.1) is 28.3 Å². The third-order valence-corrected chi connectivity index (χ3v) is 7.48. The molecular weight excluding hydrogens is 505 g/mol. The van der Waals surface area contributed by atoms with E-state index in [-0.39, 0.29) is 11.5 Å². The predicted molar refractivity (Wildman–Crippen MR) is 149 cm³/mol. The summed E-state index contributed by atoms with van der Waals surface area (Å²) >= 11 is 0. The highest BCUT2D eigenvalue weighted by Gasteiger charge is 2.44. The second-order valence-corrected chi connectivity index (χ2v) is 10.2. The van der Waals surface area contributed by atoms with Crippen LogP contribution in [-0.4, -0.2) is 59.7 Å². The van der Waals surface area contributed by atoms with Crippen LogP contribution in [0.15, 0.2) is 48.2 Å². The minimum atomic E-state index is -1.03. The minimum absolute atomic E-state index is 0.209. The molecule has 1 spiro atoms. The molecule has 1 aromatic heterocycles. The average Bonchev–Trinajstić information content (AvgIpc) is 3.32. The molecule has 7 nitrogen and oxygen atoms in total. The van der Waals surface area contributed by atoms with Crippen molar-refractivity contribution >= 4 is 18.5 Å². The number of hydrogen-bond donors (Lipinski definition) is 2. The number of benzene rings is 1. The van der Waals surface area contributed by atoms with Crippen molar-refractivity contribution in [3.05, 3.63) is 66.3 Å². The van der Waals surface area contributed by atoms with Crippen molar-refractivity contribution < 1.29 is 17.9 Å². The Morgan fingerprint density at radius 2 is 1.92 bits per heavy atom. The van der Waals surface area contributed by atoms with E-state index in [9.17, 15) is 13.2 Å². The molecule has 212 valence electrons. The average molecular weight is 545 g/mol. The molecule has 1 aromatic carbocycles. The first kappa shape index (κ1) is 30.4. The number of aromatic nitrogens is 2. The molecule has 2 aromatic rings. The van der Waals surface area contributed by atoms with E-state index >= 15 is 0 Å². The lowest BCUT2D eigenvalue weighted by Gasteiger charge is -2.39. The first-order valence-electron chi connectivity index (χ1n) is 13.4. The van der Waals surface area contributed by atoms with E-state index in [2.05, 4.69) is 31.8 Å². The van der Waals surface area contributed by atoms with E-state index in [1.165, 1.54) is 24.5 Å². The molecule has 1 saturated carbocycles. The minimum Gasteiger partial charge on any atom is -0.365 e. The normalized spacial score (nSPS) is 22.7. The highest BCUT2D eigenvalue weighted by molar-refractivity contribution is 5.68. The predicted octanol–water partition coefficient (Wildman–Crippen LogP) is 6.13. The van der Waals surface area contributed by atoms with Crippen molar-refractivity contribution in [2.45, 2.75) is 64.0 Å². The number of hydrogen-bond acceptors (Lipinski definition) is 6. The van der Waals surface area contributed by atoms with Gasteiger partial charge in [-0.05, 0) is 69.5 Å². The van der Waals surface area contributed by atoms with Crippen LogP contribution in [0.5, 0.6) is 0 Å². The molecule has 39 heavy (non-hydrogen) atoms. The smallest absolute Gasteiger partial charge is 0.222 e. The lowest BCUT2D eigenvalue weighted by molar-refractivity contribution is -0.0365. The van der Waals surface area contributed by atoms with E-state index in [1.807, 2.05) is 6.92 Å². The topological polar surface area (TPSA) is 86.5 Å². The summed E-state index contributed by atoms with van der Waals surface area (Å²) in [5.41, 5.74) is -0.496. The van der Waals surface area contributed by atoms with E-state index in [4.69, 9.17) is 10.1 Å². The molecular formula is C29H39F3N6O. The molecule has 1 aliphatic heterocycles. The molecule has 10 heteroatoms. The van der Waals surface area contributed by atoms with E-state index in [0.717, 1.165) is 64.0 Å². The number of anilines is 1. The van der Waals surface area contributed by atoms with Gasteiger partial charge in [0.1, 0.15) is 23.6 Å². The number of rotatable bonds is 10. The zero-order valence-electron chi connectivity index (χ0n) is 22.8. The third-order valence-electron chi connectivity index (χ3n) is 7.48. The van der Waals surface area contributed by atoms with Gasteiger partial charge in [0.15, 0.2) is 5.82 Å². The molecule has 0 radical (unpaired) electrons. The second kappa shape index (κ2) is 14.3. The SMILES string of the molecule is C=CC(CN1CCC2(CCC(Nc3ncc(F)cn3)CC2)C1)(OCCC)c1ccc(F)cc1F.CC=NC=N. The number of nitrogens with one attached hydrogen (secondary N) is 2. The lowest BCUT2D eigenvalue weighted by atomic mass is 9.72. The van der Waals surface area contributed by atoms with Crippen molar-refractivity contribution in [3.8, 4) is 0 Å². The van der Waals surface area contributed by atoms with Crippen LogP contribution in [-0.2, 0) is 10.3 Å². The van der Waals surface area contributed by atoms with E-state index in [0.29, 0.717) is 24.7 Å². The Hall–Kier alpha value is -3.11. The van der Waals surface area contributed by atoms with Gasteiger partial charge in [0.25, 0.3) is 0 Å². The Morgan fingerprint density at radius 1 is 1.21 bits per heavy atom. The van der Waals surface area contributed by atoms with Gasteiger partial charge in [-0.3, -0.25) is 15.3 Å². The van der Waals surface area contributed by atoms with Crippen LogP contribution >= 0.6 is 0 Å². The van der Waals surface area contributed by atoms with Gasteiger partial charge < -0.3 is 10.1 Å². The first-order chi connectivity index (χ1) is 18.8. The van der Waals surface area contributed by atoms with Gasteiger partial charge in [-0.2, -0.15) is 0 Å². The number of aliphatic imine (C=N–C) groups is 1. The van der Waals surface area contributed by atoms with Gasteiger partial charge in [0.05, 0.1) is 12.4 Å². The monoisotopic (exact) mass is 544 g/mol. The molecule has 1 aliphatic carbocycles. The van der Waals surface area contributed by atoms with Crippen LogP contribution in [0.25, 0.3) is 0 Å². The van der Waals surface area contributed by atoms with Gasteiger partial charge in [-0.1, -0.05) is 19.6 Å². The Bertz CT molecular complexity index is 1100. The fourth-order valence-corrected chi connectivity index (χ4v) is 5.48. The summed E-state index contributed by atoms with van der Waals surface area (Å²) in [6.07, 6.45) is 12.5. The molecule has 2 N–H and O–H groups in total. The highest BCUT2D eigenvalue weighted by atomic mass is 19.1. The maximum Gasteiger partial charge on any atom is 0.222 e. The standard InChI is InChI=1S/C26H33F3N4O.C3H6N2/c1-3-13-34-26(4-2,22-6-5-19(27)14-23(22)29)18-33-12-11-25(17-33)9-7-21(8-10-25)32-24-30-15-20(28)16-31-24;1-2-5-3-4/h4-6,14-16,21H,2-3,7-13,17-18H2,1H3,(H,30,31,32);2-4H,1H3. The zero-order chi connectivity index (χ0) is 28.3. The molecule has 0 bridgehead atoms. The molecule has 4 rings (SSSR count). The summed E-state index contributed by atoms with van der Waals surface area (Å²) in [5, 5.41) is 9.60. The number of nitrogens with zero attached hydrogens (tertiary/aromatic N) is 4.